The zero-order valence-electron chi connectivity index (χ0n) is 26.9. The van der Waals surface area contributed by atoms with Crippen molar-refractivity contribution >= 4 is 22.9 Å². The van der Waals surface area contributed by atoms with E-state index in [-0.39, 0.29) is 13.0 Å². The molecule has 1 aliphatic rings. The molecular weight excluding hydrogens is 552 g/mol. The van der Waals surface area contributed by atoms with Gasteiger partial charge in [-0.05, 0) is 80.3 Å². The summed E-state index contributed by atoms with van der Waals surface area (Å²) in [7, 11) is 0. The molecular formula is C38H46O6. The zero-order valence-corrected chi connectivity index (χ0v) is 26.9. The molecule has 4 rings (SSSR count). The Bertz CT molecular complexity index is 1520. The second-order valence-electron chi connectivity index (χ2n) is 13.3. The Kier molecular flexibility index (Phi) is 11.1. The van der Waals surface area contributed by atoms with E-state index in [4.69, 9.17) is 13.9 Å². The first kappa shape index (κ1) is 33.1. The van der Waals surface area contributed by atoms with Gasteiger partial charge in [-0.25, -0.2) is 4.79 Å². The van der Waals surface area contributed by atoms with Crippen molar-refractivity contribution in [2.45, 2.75) is 79.2 Å². The Hall–Kier alpha value is -3.82. The molecule has 6 nitrogen and oxygen atoms in total. The second-order valence-corrected chi connectivity index (χ2v) is 13.3. The standard InChI is InChI=1S/C38H46O6/c1-25(2)17-31(18-26(3)4)13-15-32-22-38(23-39,44-37(32)41)24-42-36(40)28(6)19-34-21-33-20-30(14-16-35(33)43-34)12-11-29-9-7-27(5)8-10-29/h7-10,14-16,20-21,25-26,28,31,39H,13,17-19,22-24H2,1-6H3/b32-15+/t28-,38+/m0/s1. The molecule has 1 saturated heterocycles. The molecule has 0 radical (unpaired) electrons. The Labute approximate surface area is 261 Å². The lowest BCUT2D eigenvalue weighted by molar-refractivity contribution is -0.168. The Morgan fingerprint density at radius 2 is 1.66 bits per heavy atom. The molecule has 2 atom stereocenters. The number of cyclic esters (lactones) is 1. The number of allylic oxidation sites excluding steroid dienone is 1. The highest BCUT2D eigenvalue weighted by Gasteiger charge is 2.44. The van der Waals surface area contributed by atoms with Gasteiger partial charge in [0.1, 0.15) is 18.0 Å². The quantitative estimate of drug-likeness (QED) is 0.132. The SMILES string of the molecule is Cc1ccc(C#Cc2ccc3oc(C[C@H](C)C(=O)OC[C@]4(CO)C/C(=C\CC(CC(C)C)CC(C)C)C(=O)O4)cc3c2)cc1. The van der Waals surface area contributed by atoms with E-state index in [1.54, 1.807) is 6.92 Å². The van der Waals surface area contributed by atoms with Crippen molar-refractivity contribution in [1.82, 2.24) is 0 Å². The Balaban J connectivity index is 1.34. The van der Waals surface area contributed by atoms with Gasteiger partial charge in [-0.15, -0.1) is 0 Å². The smallest absolute Gasteiger partial charge is 0.334 e. The summed E-state index contributed by atoms with van der Waals surface area (Å²) in [6, 6.07) is 15.8. The third-order valence-corrected chi connectivity index (χ3v) is 8.04. The molecule has 0 spiro atoms. The van der Waals surface area contributed by atoms with E-state index in [0.717, 1.165) is 41.4 Å². The molecule has 0 unspecified atom stereocenters. The maximum absolute atomic E-state index is 12.9. The summed E-state index contributed by atoms with van der Waals surface area (Å²) in [4.78, 5) is 25.6. The van der Waals surface area contributed by atoms with Crippen molar-refractivity contribution in [2.24, 2.45) is 23.7 Å². The van der Waals surface area contributed by atoms with Gasteiger partial charge in [0.2, 0.25) is 0 Å². The average Bonchev–Trinajstić information content (AvgIpc) is 3.53. The number of rotatable bonds is 12. The van der Waals surface area contributed by atoms with E-state index in [1.165, 1.54) is 5.56 Å². The maximum atomic E-state index is 12.9. The zero-order chi connectivity index (χ0) is 31.9. The number of ether oxygens (including phenoxy) is 2. The average molecular weight is 599 g/mol. The fourth-order valence-corrected chi connectivity index (χ4v) is 5.81. The van der Waals surface area contributed by atoms with Gasteiger partial charge in [0, 0.05) is 34.9 Å². The van der Waals surface area contributed by atoms with Crippen molar-refractivity contribution < 1.29 is 28.6 Å². The van der Waals surface area contributed by atoms with Gasteiger partial charge < -0.3 is 19.0 Å². The molecule has 1 aromatic heterocycles. The van der Waals surface area contributed by atoms with Gasteiger partial charge in [-0.2, -0.15) is 0 Å². The predicted octanol–water partition coefficient (Wildman–Crippen LogP) is 7.57. The van der Waals surface area contributed by atoms with E-state index < -0.39 is 30.1 Å². The topological polar surface area (TPSA) is 86.0 Å². The first-order valence-corrected chi connectivity index (χ1v) is 15.8. The van der Waals surface area contributed by atoms with Gasteiger partial charge in [-0.3, -0.25) is 4.79 Å². The van der Waals surface area contributed by atoms with Crippen molar-refractivity contribution in [3.63, 3.8) is 0 Å². The van der Waals surface area contributed by atoms with Crippen LogP contribution in [0.1, 0.15) is 82.8 Å². The molecule has 1 fully saturated rings. The van der Waals surface area contributed by atoms with Crippen LogP contribution in [0.4, 0.5) is 0 Å². The number of hydrogen-bond donors (Lipinski definition) is 1. The third-order valence-electron chi connectivity index (χ3n) is 8.04. The monoisotopic (exact) mass is 598 g/mol. The van der Waals surface area contributed by atoms with Crippen LogP contribution in [-0.4, -0.2) is 35.9 Å². The first-order valence-electron chi connectivity index (χ1n) is 15.8. The predicted molar refractivity (Wildman–Crippen MR) is 173 cm³/mol. The maximum Gasteiger partial charge on any atom is 0.334 e. The number of carbonyl (C=O) groups is 2. The number of aliphatic hydroxyl groups excluding tert-OH is 1. The third kappa shape index (κ3) is 9.09. The van der Waals surface area contributed by atoms with Crippen molar-refractivity contribution in [3.8, 4) is 11.8 Å². The first-order chi connectivity index (χ1) is 20.9. The molecule has 0 saturated carbocycles. The number of fused-ring (bicyclic) bond motifs is 1. The van der Waals surface area contributed by atoms with E-state index >= 15 is 0 Å². The molecule has 1 N–H and O–H groups in total. The molecule has 2 aromatic carbocycles. The summed E-state index contributed by atoms with van der Waals surface area (Å²) in [5.74, 6) is 7.31. The van der Waals surface area contributed by atoms with E-state index in [9.17, 15) is 14.7 Å². The minimum absolute atomic E-state index is 0.194. The minimum atomic E-state index is -1.25. The van der Waals surface area contributed by atoms with Gasteiger partial charge in [0.15, 0.2) is 5.60 Å². The molecule has 234 valence electrons. The summed E-state index contributed by atoms with van der Waals surface area (Å²) in [5.41, 5.74) is 3.05. The number of aryl methyl sites for hydroxylation is 1. The molecule has 3 aromatic rings. The van der Waals surface area contributed by atoms with Crippen molar-refractivity contribution in [3.05, 3.63) is 82.6 Å². The van der Waals surface area contributed by atoms with Crippen molar-refractivity contribution in [1.29, 1.82) is 0 Å². The second kappa shape index (κ2) is 14.8. The molecule has 0 bridgehead atoms. The highest BCUT2D eigenvalue weighted by molar-refractivity contribution is 5.91. The van der Waals surface area contributed by atoms with Crippen LogP contribution in [0.25, 0.3) is 11.0 Å². The Morgan fingerprint density at radius 1 is 1.00 bits per heavy atom. The summed E-state index contributed by atoms with van der Waals surface area (Å²) in [6.07, 6.45) is 5.50. The van der Waals surface area contributed by atoms with Crippen LogP contribution >= 0.6 is 0 Å². The molecule has 0 amide bonds. The van der Waals surface area contributed by atoms with Gasteiger partial charge in [0.25, 0.3) is 0 Å². The lowest BCUT2D eigenvalue weighted by atomic mass is 9.86. The highest BCUT2D eigenvalue weighted by atomic mass is 16.6. The molecule has 1 aliphatic heterocycles. The van der Waals surface area contributed by atoms with E-state index in [1.807, 2.05) is 61.5 Å². The summed E-state index contributed by atoms with van der Waals surface area (Å²) in [6.45, 7) is 12.1. The molecule has 2 heterocycles. The summed E-state index contributed by atoms with van der Waals surface area (Å²) in [5, 5.41) is 11.1. The number of esters is 2. The summed E-state index contributed by atoms with van der Waals surface area (Å²) < 4.78 is 17.2. The molecule has 44 heavy (non-hydrogen) atoms. The fourth-order valence-electron chi connectivity index (χ4n) is 5.81. The van der Waals surface area contributed by atoms with Crippen LogP contribution < -0.4 is 0 Å². The highest BCUT2D eigenvalue weighted by Crippen LogP contribution is 2.33. The van der Waals surface area contributed by atoms with Gasteiger partial charge in [-0.1, -0.05) is 70.2 Å². The van der Waals surface area contributed by atoms with Crippen LogP contribution in [0.5, 0.6) is 0 Å². The lowest BCUT2D eigenvalue weighted by Crippen LogP contribution is -2.40. The number of carbonyl (C=O) groups excluding carboxylic acids is 2. The minimum Gasteiger partial charge on any atom is -0.461 e. The number of benzene rings is 2. The normalized spacial score (nSPS) is 18.2. The molecule has 6 heteroatoms. The summed E-state index contributed by atoms with van der Waals surface area (Å²) >= 11 is 0. The van der Waals surface area contributed by atoms with E-state index in [2.05, 4.69) is 39.5 Å². The lowest BCUT2D eigenvalue weighted by Gasteiger charge is -2.25. The van der Waals surface area contributed by atoms with Gasteiger partial charge >= 0.3 is 11.9 Å². The van der Waals surface area contributed by atoms with Crippen LogP contribution in [0, 0.1) is 42.4 Å². The Morgan fingerprint density at radius 3 is 2.32 bits per heavy atom. The fraction of sp³-hybridized carbons (Fsp3) is 0.474. The van der Waals surface area contributed by atoms with Crippen LogP contribution in [0.2, 0.25) is 0 Å². The molecule has 0 aliphatic carbocycles. The van der Waals surface area contributed by atoms with E-state index in [0.29, 0.717) is 35.5 Å². The van der Waals surface area contributed by atoms with Crippen LogP contribution in [0.3, 0.4) is 0 Å². The number of aliphatic hydroxyl groups is 1. The van der Waals surface area contributed by atoms with Crippen LogP contribution in [0.15, 0.2) is 64.6 Å². The largest absolute Gasteiger partial charge is 0.461 e. The number of hydrogen-bond acceptors (Lipinski definition) is 6. The number of furan rings is 1. The van der Waals surface area contributed by atoms with Gasteiger partial charge in [0.05, 0.1) is 12.5 Å². The van der Waals surface area contributed by atoms with Crippen molar-refractivity contribution in [2.75, 3.05) is 13.2 Å². The van der Waals surface area contributed by atoms with Crippen LogP contribution in [-0.2, 0) is 25.5 Å².